The summed E-state index contributed by atoms with van der Waals surface area (Å²) in [4.78, 5) is 4.03. The van der Waals surface area contributed by atoms with Crippen molar-refractivity contribution in [2.75, 3.05) is 13.7 Å². The lowest BCUT2D eigenvalue weighted by molar-refractivity contribution is 0.297. The Morgan fingerprint density at radius 3 is 3.20 bits per heavy atom. The molecule has 0 aliphatic carbocycles. The summed E-state index contributed by atoms with van der Waals surface area (Å²) in [6.07, 6.45) is 1.75. The van der Waals surface area contributed by atoms with Crippen molar-refractivity contribution in [2.45, 2.75) is 19.7 Å². The third-order valence-corrected chi connectivity index (χ3v) is 3.33. The van der Waals surface area contributed by atoms with Crippen molar-refractivity contribution in [3.63, 3.8) is 0 Å². The van der Waals surface area contributed by atoms with Gasteiger partial charge in [-0.2, -0.15) is 5.10 Å². The topological polar surface area (TPSA) is 61.2 Å². The Morgan fingerprint density at radius 2 is 2.35 bits per heavy atom. The van der Waals surface area contributed by atoms with Gasteiger partial charge in [0.05, 0.1) is 25.5 Å². The Balaban J connectivity index is 1.73. The van der Waals surface area contributed by atoms with Crippen LogP contribution in [0.2, 0.25) is 5.15 Å². The Hall–Kier alpha value is -1.79. The maximum Gasteiger partial charge on any atom is 0.214 e. The summed E-state index contributed by atoms with van der Waals surface area (Å²) in [7, 11) is 1.56. The lowest BCUT2D eigenvalue weighted by Crippen LogP contribution is -2.28. The highest BCUT2D eigenvalue weighted by molar-refractivity contribution is 6.29. The molecule has 0 spiro atoms. The fraction of sp³-hybridized carbons (Fsp3) is 0.385. The molecule has 7 heteroatoms. The van der Waals surface area contributed by atoms with E-state index < -0.39 is 0 Å². The van der Waals surface area contributed by atoms with Gasteiger partial charge in [-0.15, -0.1) is 0 Å². The van der Waals surface area contributed by atoms with Crippen LogP contribution < -0.4 is 14.8 Å². The maximum atomic E-state index is 5.93. The average molecular weight is 295 g/mol. The summed E-state index contributed by atoms with van der Waals surface area (Å²) < 4.78 is 12.9. The lowest BCUT2D eigenvalue weighted by Gasteiger charge is -2.16. The molecule has 0 unspecified atom stereocenters. The molecule has 20 heavy (non-hydrogen) atoms. The number of ether oxygens (including phenoxy) is 2. The summed E-state index contributed by atoms with van der Waals surface area (Å²) in [5, 5.41) is 8.00. The zero-order chi connectivity index (χ0) is 13.9. The molecular weight excluding hydrogens is 280 g/mol. The SMILES string of the molecule is COc1cc(COc2cnn3c2CNCC3)cc(Cl)n1. The number of fused-ring (bicyclic) bond motifs is 1. The van der Waals surface area contributed by atoms with Crippen molar-refractivity contribution in [3.8, 4) is 11.6 Å². The van der Waals surface area contributed by atoms with Crippen LogP contribution in [0.5, 0.6) is 11.6 Å². The molecule has 2 aromatic heterocycles. The molecule has 3 heterocycles. The Morgan fingerprint density at radius 1 is 1.45 bits per heavy atom. The van der Waals surface area contributed by atoms with E-state index in [1.807, 2.05) is 4.68 Å². The van der Waals surface area contributed by atoms with E-state index in [9.17, 15) is 0 Å². The highest BCUT2D eigenvalue weighted by atomic mass is 35.5. The van der Waals surface area contributed by atoms with Crippen LogP contribution in [0.1, 0.15) is 11.3 Å². The summed E-state index contributed by atoms with van der Waals surface area (Å²) in [6, 6.07) is 3.57. The molecule has 0 aromatic carbocycles. The van der Waals surface area contributed by atoms with E-state index in [1.54, 1.807) is 25.4 Å². The van der Waals surface area contributed by atoms with Crippen molar-refractivity contribution in [3.05, 3.63) is 34.7 Å². The molecule has 0 atom stereocenters. The van der Waals surface area contributed by atoms with Gasteiger partial charge in [-0.1, -0.05) is 11.6 Å². The Kier molecular flexibility index (Phi) is 3.75. The second-order valence-corrected chi connectivity index (χ2v) is 4.87. The van der Waals surface area contributed by atoms with E-state index in [-0.39, 0.29) is 0 Å². The van der Waals surface area contributed by atoms with Crippen LogP contribution >= 0.6 is 11.6 Å². The van der Waals surface area contributed by atoms with E-state index in [4.69, 9.17) is 21.1 Å². The van der Waals surface area contributed by atoms with Crippen LogP contribution in [0.15, 0.2) is 18.3 Å². The van der Waals surface area contributed by atoms with E-state index in [2.05, 4.69) is 15.4 Å². The smallest absolute Gasteiger partial charge is 0.214 e. The number of methoxy groups -OCH3 is 1. The van der Waals surface area contributed by atoms with Crippen LogP contribution in [0.25, 0.3) is 0 Å². The van der Waals surface area contributed by atoms with E-state index in [1.165, 1.54) is 0 Å². The van der Waals surface area contributed by atoms with Gasteiger partial charge in [-0.25, -0.2) is 4.98 Å². The molecule has 0 saturated carbocycles. The molecule has 6 nitrogen and oxygen atoms in total. The second-order valence-electron chi connectivity index (χ2n) is 4.48. The first kappa shape index (κ1) is 13.2. The molecule has 3 rings (SSSR count). The normalized spacial score (nSPS) is 13.9. The lowest BCUT2D eigenvalue weighted by atomic mass is 10.3. The molecule has 2 aromatic rings. The minimum atomic E-state index is 0.390. The molecule has 1 N–H and O–H groups in total. The van der Waals surface area contributed by atoms with Gasteiger partial charge in [-0.3, -0.25) is 4.68 Å². The monoisotopic (exact) mass is 294 g/mol. The van der Waals surface area contributed by atoms with E-state index in [0.717, 1.165) is 36.6 Å². The summed E-state index contributed by atoms with van der Waals surface area (Å²) in [5.41, 5.74) is 1.98. The predicted octanol–water partition coefficient (Wildman–Crippen LogP) is 1.62. The van der Waals surface area contributed by atoms with Crippen LogP contribution in [0.4, 0.5) is 0 Å². The quantitative estimate of drug-likeness (QED) is 0.868. The first-order valence-electron chi connectivity index (χ1n) is 6.35. The predicted molar refractivity (Wildman–Crippen MR) is 74.1 cm³/mol. The third kappa shape index (κ3) is 2.71. The van der Waals surface area contributed by atoms with Gasteiger partial charge in [0.1, 0.15) is 11.8 Å². The molecular formula is C13H15ClN4O2. The molecule has 1 aliphatic heterocycles. The Bertz CT molecular complexity index is 614. The largest absolute Gasteiger partial charge is 0.485 e. The molecule has 0 bridgehead atoms. The number of pyridine rings is 1. The number of rotatable bonds is 4. The minimum Gasteiger partial charge on any atom is -0.485 e. The number of nitrogens with zero attached hydrogens (tertiary/aromatic N) is 3. The molecule has 1 aliphatic rings. The van der Waals surface area contributed by atoms with Gasteiger partial charge < -0.3 is 14.8 Å². The van der Waals surface area contributed by atoms with E-state index >= 15 is 0 Å². The molecule has 0 amide bonds. The van der Waals surface area contributed by atoms with Crippen molar-refractivity contribution in [2.24, 2.45) is 0 Å². The summed E-state index contributed by atoms with van der Waals surface area (Å²) in [5.74, 6) is 1.28. The van der Waals surface area contributed by atoms with Gasteiger partial charge in [-0.05, 0) is 11.6 Å². The molecule has 0 fully saturated rings. The van der Waals surface area contributed by atoms with Gasteiger partial charge in [0.25, 0.3) is 0 Å². The van der Waals surface area contributed by atoms with Gasteiger partial charge in [0.2, 0.25) is 5.88 Å². The zero-order valence-electron chi connectivity index (χ0n) is 11.1. The van der Waals surface area contributed by atoms with Crippen LogP contribution in [0, 0.1) is 0 Å². The molecule has 0 saturated heterocycles. The maximum absolute atomic E-state index is 5.93. The van der Waals surface area contributed by atoms with Crippen molar-refractivity contribution in [1.82, 2.24) is 20.1 Å². The third-order valence-electron chi connectivity index (χ3n) is 3.14. The first-order chi connectivity index (χ1) is 9.76. The number of halogens is 1. The minimum absolute atomic E-state index is 0.390. The van der Waals surface area contributed by atoms with Crippen LogP contribution in [0.3, 0.4) is 0 Å². The number of aromatic nitrogens is 3. The summed E-state index contributed by atoms with van der Waals surface area (Å²) >= 11 is 5.93. The average Bonchev–Trinajstić information content (AvgIpc) is 2.88. The van der Waals surface area contributed by atoms with Crippen LogP contribution in [-0.4, -0.2) is 28.4 Å². The van der Waals surface area contributed by atoms with Crippen molar-refractivity contribution >= 4 is 11.6 Å². The van der Waals surface area contributed by atoms with E-state index in [0.29, 0.717) is 17.6 Å². The zero-order valence-corrected chi connectivity index (χ0v) is 11.9. The van der Waals surface area contributed by atoms with Gasteiger partial charge in [0.15, 0.2) is 5.75 Å². The summed E-state index contributed by atoms with van der Waals surface area (Å²) in [6.45, 7) is 2.98. The highest BCUT2D eigenvalue weighted by Gasteiger charge is 2.15. The fourth-order valence-electron chi connectivity index (χ4n) is 2.15. The molecule has 0 radical (unpaired) electrons. The number of nitrogens with one attached hydrogen (secondary N) is 1. The number of hydrogen-bond donors (Lipinski definition) is 1. The molecule has 106 valence electrons. The Labute approximate surface area is 121 Å². The van der Waals surface area contributed by atoms with Crippen LogP contribution in [-0.2, 0) is 19.7 Å². The number of hydrogen-bond acceptors (Lipinski definition) is 5. The first-order valence-corrected chi connectivity index (χ1v) is 6.72. The fourth-order valence-corrected chi connectivity index (χ4v) is 2.37. The van der Waals surface area contributed by atoms with Gasteiger partial charge >= 0.3 is 0 Å². The van der Waals surface area contributed by atoms with Crippen molar-refractivity contribution in [1.29, 1.82) is 0 Å². The van der Waals surface area contributed by atoms with Gasteiger partial charge in [0, 0.05) is 19.2 Å². The highest BCUT2D eigenvalue weighted by Crippen LogP contribution is 2.22. The second kappa shape index (κ2) is 5.68. The van der Waals surface area contributed by atoms with Crippen molar-refractivity contribution < 1.29 is 9.47 Å². The standard InChI is InChI=1S/C13H15ClN4O2/c1-19-13-5-9(4-12(14)17-13)8-20-11-7-16-18-3-2-15-6-10(11)18/h4-5,7,15H,2-3,6,8H2,1H3.